The van der Waals surface area contributed by atoms with E-state index in [-0.39, 0.29) is 39.8 Å². The van der Waals surface area contributed by atoms with Crippen LogP contribution >= 0.6 is 0 Å². The minimum Gasteiger partial charge on any atom is -0.465 e. The Kier molecular flexibility index (Phi) is 8.82. The topological polar surface area (TPSA) is 113 Å². The first-order chi connectivity index (χ1) is 21.3. The van der Waals surface area contributed by atoms with Crippen LogP contribution in [0.1, 0.15) is 62.9 Å². The second-order valence-electron chi connectivity index (χ2n) is 9.51. The maximum atomic E-state index is 12.9. The van der Waals surface area contributed by atoms with Crippen molar-refractivity contribution in [1.29, 1.82) is 0 Å². The molecule has 0 saturated carbocycles. The predicted molar refractivity (Wildman–Crippen MR) is 160 cm³/mol. The zero-order valence-corrected chi connectivity index (χ0v) is 23.4. The second-order valence-corrected chi connectivity index (χ2v) is 9.51. The fourth-order valence-electron chi connectivity index (χ4n) is 4.28. The van der Waals surface area contributed by atoms with Crippen LogP contribution in [0.15, 0.2) is 127 Å². The Balaban J connectivity index is 1.31. The van der Waals surface area contributed by atoms with Gasteiger partial charge in [-0.1, -0.05) is 84.9 Å². The van der Waals surface area contributed by atoms with Crippen molar-refractivity contribution in [3.05, 3.63) is 166 Å². The summed E-state index contributed by atoms with van der Waals surface area (Å²) >= 11 is 0. The number of ether oxygens (including phenoxy) is 3. The van der Waals surface area contributed by atoms with Crippen molar-refractivity contribution in [3.8, 4) is 11.5 Å². The van der Waals surface area contributed by atoms with Crippen LogP contribution < -0.4 is 9.47 Å². The molecule has 8 heteroatoms. The Morgan fingerprint density at radius 1 is 0.386 bits per heavy atom. The minimum atomic E-state index is -0.762. The average Bonchev–Trinajstić information content (AvgIpc) is 3.08. The number of carbonyl (C=O) groups is 5. The van der Waals surface area contributed by atoms with E-state index in [1.165, 1.54) is 73.8 Å². The molecular weight excluding hydrogens is 560 g/mol. The molecule has 0 aliphatic heterocycles. The zero-order chi connectivity index (χ0) is 31.1. The molecule has 0 saturated heterocycles. The van der Waals surface area contributed by atoms with Gasteiger partial charge in [-0.05, 0) is 36.4 Å². The lowest BCUT2D eigenvalue weighted by Crippen LogP contribution is -2.12. The van der Waals surface area contributed by atoms with Gasteiger partial charge >= 0.3 is 17.9 Å². The number of methoxy groups -OCH3 is 1. The quantitative estimate of drug-likeness (QED) is 0.112. The number of rotatable bonds is 9. The van der Waals surface area contributed by atoms with Crippen LogP contribution in [0.2, 0.25) is 0 Å². The highest BCUT2D eigenvalue weighted by Gasteiger charge is 2.18. The van der Waals surface area contributed by atoms with Crippen LogP contribution in [-0.4, -0.2) is 36.6 Å². The van der Waals surface area contributed by atoms with Gasteiger partial charge in [0.05, 0.1) is 23.8 Å². The molecule has 5 aromatic rings. The number of benzene rings is 5. The molecule has 0 aliphatic rings. The van der Waals surface area contributed by atoms with E-state index in [4.69, 9.17) is 14.2 Å². The van der Waals surface area contributed by atoms with Crippen molar-refractivity contribution < 1.29 is 38.2 Å². The van der Waals surface area contributed by atoms with Gasteiger partial charge in [0.25, 0.3) is 0 Å². The highest BCUT2D eigenvalue weighted by atomic mass is 16.5. The Labute approximate surface area is 252 Å². The summed E-state index contributed by atoms with van der Waals surface area (Å²) in [6, 6.07) is 33.2. The third-order valence-corrected chi connectivity index (χ3v) is 6.56. The Bertz CT molecular complexity index is 1720. The fraction of sp³-hybridized carbons (Fsp3) is 0.0278. The summed E-state index contributed by atoms with van der Waals surface area (Å²) in [4.78, 5) is 63.4. The van der Waals surface area contributed by atoms with E-state index >= 15 is 0 Å². The van der Waals surface area contributed by atoms with Crippen molar-refractivity contribution in [1.82, 2.24) is 0 Å². The highest BCUT2D eigenvalue weighted by Crippen LogP contribution is 2.26. The van der Waals surface area contributed by atoms with Gasteiger partial charge in [0, 0.05) is 28.3 Å². The molecule has 0 fully saturated rings. The number of esters is 3. The van der Waals surface area contributed by atoms with Crippen LogP contribution in [0.5, 0.6) is 11.5 Å². The SMILES string of the molecule is COC(=O)c1cc(OC(=O)c2ccc(C(=O)c3ccccc3)cc2)cc(OC(=O)c2ccc(C(=O)c3ccccc3)cc2)c1. The van der Waals surface area contributed by atoms with Gasteiger partial charge in [-0.15, -0.1) is 0 Å². The zero-order valence-electron chi connectivity index (χ0n) is 23.4. The van der Waals surface area contributed by atoms with Crippen LogP contribution in [0, 0.1) is 0 Å². The molecule has 0 atom stereocenters. The summed E-state index contributed by atoms with van der Waals surface area (Å²) in [6.45, 7) is 0. The molecule has 0 bridgehead atoms. The van der Waals surface area contributed by atoms with Crippen LogP contribution in [0.3, 0.4) is 0 Å². The van der Waals surface area contributed by atoms with Crippen LogP contribution in [-0.2, 0) is 4.74 Å². The van der Waals surface area contributed by atoms with E-state index in [9.17, 15) is 24.0 Å². The van der Waals surface area contributed by atoms with E-state index in [2.05, 4.69) is 0 Å². The van der Waals surface area contributed by atoms with Gasteiger partial charge in [-0.2, -0.15) is 0 Å². The molecule has 0 spiro atoms. The van der Waals surface area contributed by atoms with Gasteiger partial charge in [-0.3, -0.25) is 9.59 Å². The number of hydrogen-bond acceptors (Lipinski definition) is 8. The molecule has 44 heavy (non-hydrogen) atoms. The smallest absolute Gasteiger partial charge is 0.343 e. The highest BCUT2D eigenvalue weighted by molar-refractivity contribution is 6.10. The normalized spacial score (nSPS) is 10.4. The summed E-state index contributed by atoms with van der Waals surface area (Å²) in [5, 5.41) is 0. The Morgan fingerprint density at radius 3 is 1.09 bits per heavy atom. The van der Waals surface area contributed by atoms with E-state index in [0.29, 0.717) is 22.3 Å². The molecule has 0 amide bonds. The average molecular weight is 585 g/mol. The van der Waals surface area contributed by atoms with E-state index in [1.54, 1.807) is 48.5 Å². The van der Waals surface area contributed by atoms with Gasteiger partial charge in [0.15, 0.2) is 11.6 Å². The molecule has 0 heterocycles. The second kappa shape index (κ2) is 13.2. The summed E-state index contributed by atoms with van der Waals surface area (Å²) in [5.41, 5.74) is 2.11. The molecule has 5 rings (SSSR count). The predicted octanol–water partition coefficient (Wildman–Crippen LogP) is 6.37. The van der Waals surface area contributed by atoms with Crippen molar-refractivity contribution in [3.63, 3.8) is 0 Å². The summed E-state index contributed by atoms with van der Waals surface area (Å²) in [7, 11) is 1.18. The first-order valence-electron chi connectivity index (χ1n) is 13.4. The lowest BCUT2D eigenvalue weighted by molar-refractivity contribution is 0.0594. The van der Waals surface area contributed by atoms with Crippen molar-refractivity contribution in [2.24, 2.45) is 0 Å². The summed E-state index contributed by atoms with van der Waals surface area (Å²) < 4.78 is 15.7. The van der Waals surface area contributed by atoms with Gasteiger partial charge < -0.3 is 14.2 Å². The molecule has 0 aromatic heterocycles. The first kappa shape index (κ1) is 29.3. The van der Waals surface area contributed by atoms with Gasteiger partial charge in [0.1, 0.15) is 11.5 Å². The minimum absolute atomic E-state index is 0.0202. The maximum Gasteiger partial charge on any atom is 0.343 e. The van der Waals surface area contributed by atoms with E-state index in [0.717, 1.165) is 0 Å². The summed E-state index contributed by atoms with van der Waals surface area (Å²) in [5.74, 6) is -2.81. The van der Waals surface area contributed by atoms with Crippen molar-refractivity contribution in [2.45, 2.75) is 0 Å². The molecule has 0 aliphatic carbocycles. The lowest BCUT2D eigenvalue weighted by atomic mass is 10.0. The molecule has 5 aromatic carbocycles. The Hall–Kier alpha value is -6.15. The molecule has 8 nitrogen and oxygen atoms in total. The third-order valence-electron chi connectivity index (χ3n) is 6.56. The third kappa shape index (κ3) is 6.83. The van der Waals surface area contributed by atoms with Gasteiger partial charge in [-0.25, -0.2) is 14.4 Å². The molecular formula is C36H24O8. The van der Waals surface area contributed by atoms with Crippen molar-refractivity contribution >= 4 is 29.5 Å². The molecule has 216 valence electrons. The number of hydrogen-bond donors (Lipinski definition) is 0. The number of carbonyl (C=O) groups excluding carboxylic acids is 5. The van der Waals surface area contributed by atoms with Crippen LogP contribution in [0.25, 0.3) is 0 Å². The van der Waals surface area contributed by atoms with E-state index < -0.39 is 17.9 Å². The first-order valence-corrected chi connectivity index (χ1v) is 13.4. The standard InChI is InChI=1S/C36H24O8/c1-42-34(39)29-20-30(43-35(40)27-16-12-25(13-17-27)32(37)23-8-4-2-5-9-23)22-31(21-29)44-36(41)28-18-14-26(15-19-28)33(38)24-10-6-3-7-11-24/h2-22H,1H3. The Morgan fingerprint density at radius 2 is 0.727 bits per heavy atom. The number of ketones is 2. The maximum absolute atomic E-state index is 12.9. The fourth-order valence-corrected chi connectivity index (χ4v) is 4.28. The molecule has 0 radical (unpaired) electrons. The largest absolute Gasteiger partial charge is 0.465 e. The van der Waals surface area contributed by atoms with Crippen molar-refractivity contribution in [2.75, 3.05) is 7.11 Å². The lowest BCUT2D eigenvalue weighted by Gasteiger charge is -2.11. The van der Waals surface area contributed by atoms with E-state index in [1.807, 2.05) is 12.1 Å². The summed E-state index contributed by atoms with van der Waals surface area (Å²) in [6.07, 6.45) is 0. The van der Waals surface area contributed by atoms with Gasteiger partial charge in [0.2, 0.25) is 0 Å². The molecule has 0 unspecified atom stereocenters. The monoisotopic (exact) mass is 584 g/mol. The van der Waals surface area contributed by atoms with Crippen LogP contribution in [0.4, 0.5) is 0 Å². The molecule has 0 N–H and O–H groups in total.